The van der Waals surface area contributed by atoms with E-state index in [4.69, 9.17) is 4.74 Å². The van der Waals surface area contributed by atoms with Crippen LogP contribution >= 0.6 is 0 Å². The summed E-state index contributed by atoms with van der Waals surface area (Å²) in [7, 11) is -3.22. The Kier molecular flexibility index (Phi) is 3.38. The van der Waals surface area contributed by atoms with Crippen molar-refractivity contribution in [3.63, 3.8) is 0 Å². The third-order valence-corrected chi connectivity index (χ3v) is 4.75. The maximum atomic E-state index is 11.7. The predicted molar refractivity (Wildman–Crippen MR) is 71.6 cm³/mol. The van der Waals surface area contributed by atoms with Gasteiger partial charge >= 0.3 is 0 Å². The van der Waals surface area contributed by atoms with E-state index >= 15 is 0 Å². The van der Waals surface area contributed by atoms with Gasteiger partial charge in [0.25, 0.3) is 0 Å². The number of ether oxygens (including phenoxy) is 1. The standard InChI is InChI=1S/C13H19NO3S/c1-10-13(2,8-9-17-10)14-11-6-4-5-7-12(11)18(3,15)16/h4-7,10,14H,8-9H2,1-3H3. The van der Waals surface area contributed by atoms with E-state index in [0.29, 0.717) is 17.2 Å². The van der Waals surface area contributed by atoms with Gasteiger partial charge in [0.1, 0.15) is 0 Å². The molecule has 2 unspecified atom stereocenters. The van der Waals surface area contributed by atoms with Crippen LogP contribution < -0.4 is 5.32 Å². The molecule has 2 atom stereocenters. The second-order valence-electron chi connectivity index (χ2n) is 5.07. The highest BCUT2D eigenvalue weighted by Crippen LogP contribution is 2.32. The van der Waals surface area contributed by atoms with E-state index in [1.54, 1.807) is 18.2 Å². The van der Waals surface area contributed by atoms with Crippen molar-refractivity contribution in [3.8, 4) is 0 Å². The summed E-state index contributed by atoms with van der Waals surface area (Å²) in [6.07, 6.45) is 2.15. The van der Waals surface area contributed by atoms with E-state index in [2.05, 4.69) is 12.2 Å². The van der Waals surface area contributed by atoms with Crippen molar-refractivity contribution < 1.29 is 13.2 Å². The molecule has 0 spiro atoms. The first kappa shape index (κ1) is 13.4. The Morgan fingerprint density at radius 2 is 2.06 bits per heavy atom. The molecule has 4 nitrogen and oxygen atoms in total. The van der Waals surface area contributed by atoms with Crippen LogP contribution in [0.2, 0.25) is 0 Å². The maximum absolute atomic E-state index is 11.7. The molecule has 1 N–H and O–H groups in total. The molecule has 1 heterocycles. The van der Waals surface area contributed by atoms with Crippen LogP contribution in [0.4, 0.5) is 5.69 Å². The first-order chi connectivity index (χ1) is 8.33. The van der Waals surface area contributed by atoms with Gasteiger partial charge in [-0.25, -0.2) is 8.42 Å². The first-order valence-corrected chi connectivity index (χ1v) is 7.91. The SMILES string of the molecule is CC1OCCC1(C)Nc1ccccc1S(C)(=O)=O. The van der Waals surface area contributed by atoms with E-state index in [1.807, 2.05) is 13.0 Å². The normalized spacial score (nSPS) is 28.3. The van der Waals surface area contributed by atoms with Gasteiger partial charge in [0.15, 0.2) is 9.84 Å². The summed E-state index contributed by atoms with van der Waals surface area (Å²) in [5.74, 6) is 0. The minimum absolute atomic E-state index is 0.0603. The van der Waals surface area contributed by atoms with E-state index in [-0.39, 0.29) is 11.6 Å². The molecule has 0 aromatic heterocycles. The van der Waals surface area contributed by atoms with Crippen molar-refractivity contribution in [2.24, 2.45) is 0 Å². The van der Waals surface area contributed by atoms with Crippen molar-refractivity contribution in [1.82, 2.24) is 0 Å². The minimum atomic E-state index is -3.22. The van der Waals surface area contributed by atoms with Gasteiger partial charge in [-0.1, -0.05) is 12.1 Å². The highest BCUT2D eigenvalue weighted by molar-refractivity contribution is 7.90. The molecule has 1 saturated heterocycles. The zero-order valence-electron chi connectivity index (χ0n) is 10.9. The highest BCUT2D eigenvalue weighted by Gasteiger charge is 2.37. The van der Waals surface area contributed by atoms with Crippen LogP contribution in [0.3, 0.4) is 0 Å². The Morgan fingerprint density at radius 3 is 2.61 bits per heavy atom. The monoisotopic (exact) mass is 269 g/mol. The Balaban J connectivity index is 2.36. The molecule has 18 heavy (non-hydrogen) atoms. The molecule has 1 aliphatic rings. The number of para-hydroxylation sites is 1. The van der Waals surface area contributed by atoms with Crippen LogP contribution in [-0.2, 0) is 14.6 Å². The summed E-state index contributed by atoms with van der Waals surface area (Å²) in [5.41, 5.74) is 0.431. The molecular formula is C13H19NO3S. The van der Waals surface area contributed by atoms with Crippen LogP contribution in [0.1, 0.15) is 20.3 Å². The fraction of sp³-hybridized carbons (Fsp3) is 0.538. The van der Waals surface area contributed by atoms with Gasteiger partial charge in [-0.3, -0.25) is 0 Å². The molecule has 2 rings (SSSR count). The molecule has 0 radical (unpaired) electrons. The Morgan fingerprint density at radius 1 is 1.39 bits per heavy atom. The number of rotatable bonds is 3. The quantitative estimate of drug-likeness (QED) is 0.912. The summed E-state index contributed by atoms with van der Waals surface area (Å²) < 4.78 is 29.0. The van der Waals surface area contributed by atoms with Crippen LogP contribution in [0, 0.1) is 0 Å². The smallest absolute Gasteiger partial charge is 0.177 e. The molecule has 0 aliphatic carbocycles. The summed E-state index contributed by atoms with van der Waals surface area (Å²) in [6.45, 7) is 4.76. The third kappa shape index (κ3) is 2.52. The molecule has 0 bridgehead atoms. The first-order valence-electron chi connectivity index (χ1n) is 6.02. The number of nitrogens with one attached hydrogen (secondary N) is 1. The van der Waals surface area contributed by atoms with Gasteiger partial charge in [0, 0.05) is 12.9 Å². The zero-order valence-corrected chi connectivity index (χ0v) is 11.8. The second kappa shape index (κ2) is 4.55. The van der Waals surface area contributed by atoms with Gasteiger partial charge in [-0.15, -0.1) is 0 Å². The van der Waals surface area contributed by atoms with Gasteiger partial charge in [0.05, 0.1) is 22.2 Å². The molecular weight excluding hydrogens is 250 g/mol. The lowest BCUT2D eigenvalue weighted by Crippen LogP contribution is -2.41. The summed E-state index contributed by atoms with van der Waals surface area (Å²) >= 11 is 0. The van der Waals surface area contributed by atoms with Crippen LogP contribution in [0.5, 0.6) is 0 Å². The van der Waals surface area contributed by atoms with Crippen molar-refractivity contribution in [1.29, 1.82) is 0 Å². The summed E-state index contributed by atoms with van der Waals surface area (Å²) in [5, 5.41) is 3.34. The number of sulfone groups is 1. The van der Waals surface area contributed by atoms with Gasteiger partial charge in [-0.2, -0.15) is 0 Å². The molecule has 1 aliphatic heterocycles. The summed E-state index contributed by atoms with van der Waals surface area (Å²) in [4.78, 5) is 0.338. The molecule has 1 aromatic carbocycles. The number of hydrogen-bond acceptors (Lipinski definition) is 4. The average molecular weight is 269 g/mol. The fourth-order valence-electron chi connectivity index (χ4n) is 2.20. The molecule has 0 saturated carbocycles. The van der Waals surface area contributed by atoms with E-state index in [9.17, 15) is 8.42 Å². The van der Waals surface area contributed by atoms with Crippen molar-refractivity contribution in [3.05, 3.63) is 24.3 Å². The maximum Gasteiger partial charge on any atom is 0.177 e. The molecule has 1 fully saturated rings. The second-order valence-corrected chi connectivity index (χ2v) is 7.06. The molecule has 0 amide bonds. The van der Waals surface area contributed by atoms with Gasteiger partial charge < -0.3 is 10.1 Å². The topological polar surface area (TPSA) is 55.4 Å². The molecule has 1 aromatic rings. The van der Waals surface area contributed by atoms with Crippen LogP contribution in [-0.4, -0.2) is 32.9 Å². The Bertz CT molecular complexity index is 541. The number of hydrogen-bond donors (Lipinski definition) is 1. The zero-order chi connectivity index (χ0) is 13.4. The van der Waals surface area contributed by atoms with Crippen molar-refractivity contribution in [2.75, 3.05) is 18.2 Å². The number of anilines is 1. The number of benzene rings is 1. The average Bonchev–Trinajstić information content (AvgIpc) is 2.58. The van der Waals surface area contributed by atoms with Crippen LogP contribution in [0.25, 0.3) is 0 Å². The van der Waals surface area contributed by atoms with Crippen molar-refractivity contribution in [2.45, 2.75) is 36.8 Å². The lowest BCUT2D eigenvalue weighted by Gasteiger charge is -2.30. The van der Waals surface area contributed by atoms with Gasteiger partial charge in [-0.05, 0) is 32.4 Å². The minimum Gasteiger partial charge on any atom is -0.376 e. The fourth-order valence-corrected chi connectivity index (χ4v) is 3.04. The lowest BCUT2D eigenvalue weighted by atomic mass is 9.94. The van der Waals surface area contributed by atoms with E-state index < -0.39 is 9.84 Å². The molecule has 5 heteroatoms. The Labute approximate surface area is 108 Å². The van der Waals surface area contributed by atoms with Crippen LogP contribution in [0.15, 0.2) is 29.2 Å². The van der Waals surface area contributed by atoms with Crippen molar-refractivity contribution >= 4 is 15.5 Å². The van der Waals surface area contributed by atoms with E-state index in [0.717, 1.165) is 6.42 Å². The summed E-state index contributed by atoms with van der Waals surface area (Å²) in [6, 6.07) is 6.99. The lowest BCUT2D eigenvalue weighted by molar-refractivity contribution is 0.105. The molecule has 100 valence electrons. The largest absolute Gasteiger partial charge is 0.376 e. The highest BCUT2D eigenvalue weighted by atomic mass is 32.2. The predicted octanol–water partition coefficient (Wildman–Crippen LogP) is 2.07. The van der Waals surface area contributed by atoms with E-state index in [1.165, 1.54) is 6.26 Å². The third-order valence-electron chi connectivity index (χ3n) is 3.59. The van der Waals surface area contributed by atoms with Gasteiger partial charge in [0.2, 0.25) is 0 Å². The Hall–Kier alpha value is -1.07.